The van der Waals surface area contributed by atoms with E-state index in [2.05, 4.69) is 5.32 Å². The molecule has 2 aromatic carbocycles. The third-order valence-electron chi connectivity index (χ3n) is 4.85. The van der Waals surface area contributed by atoms with E-state index in [1.807, 2.05) is 32.0 Å². The zero-order valence-corrected chi connectivity index (χ0v) is 19.0. The van der Waals surface area contributed by atoms with Gasteiger partial charge in [0.15, 0.2) is 6.61 Å². The van der Waals surface area contributed by atoms with Gasteiger partial charge in [-0.3, -0.25) is 9.59 Å². The van der Waals surface area contributed by atoms with Crippen LogP contribution in [0.25, 0.3) is 11.0 Å². The van der Waals surface area contributed by atoms with Gasteiger partial charge < -0.3 is 23.9 Å². The molecule has 1 heterocycles. The van der Waals surface area contributed by atoms with Crippen LogP contribution in [-0.4, -0.2) is 31.6 Å². The van der Waals surface area contributed by atoms with Crippen molar-refractivity contribution in [1.29, 1.82) is 0 Å². The van der Waals surface area contributed by atoms with Crippen LogP contribution in [0.1, 0.15) is 26.0 Å². The molecule has 33 heavy (non-hydrogen) atoms. The van der Waals surface area contributed by atoms with Gasteiger partial charge in [-0.05, 0) is 43.5 Å². The number of fused-ring (bicyclic) bond motifs is 1. The van der Waals surface area contributed by atoms with Crippen molar-refractivity contribution >= 4 is 22.8 Å². The number of hydrogen-bond donors (Lipinski definition) is 1. The van der Waals surface area contributed by atoms with Gasteiger partial charge in [0.25, 0.3) is 5.91 Å². The number of nitrogens with one attached hydrogen (secondary N) is 1. The van der Waals surface area contributed by atoms with Crippen LogP contribution in [0.5, 0.6) is 17.2 Å². The van der Waals surface area contributed by atoms with Crippen molar-refractivity contribution in [2.24, 2.45) is 5.92 Å². The van der Waals surface area contributed by atoms with Gasteiger partial charge in [0.2, 0.25) is 11.2 Å². The summed E-state index contributed by atoms with van der Waals surface area (Å²) in [6.07, 6.45) is 0.451. The van der Waals surface area contributed by atoms with Gasteiger partial charge in [-0.25, -0.2) is 4.79 Å². The van der Waals surface area contributed by atoms with Gasteiger partial charge >= 0.3 is 5.97 Å². The maximum Gasteiger partial charge on any atom is 0.328 e. The molecule has 174 valence electrons. The van der Waals surface area contributed by atoms with Crippen molar-refractivity contribution in [2.75, 3.05) is 13.7 Å². The highest BCUT2D eigenvalue weighted by molar-refractivity contribution is 5.85. The summed E-state index contributed by atoms with van der Waals surface area (Å²) < 4.78 is 21.8. The summed E-state index contributed by atoms with van der Waals surface area (Å²) in [5, 5.41) is 2.95. The largest absolute Gasteiger partial charge is 0.484 e. The highest BCUT2D eigenvalue weighted by atomic mass is 16.5. The normalized spacial score (nSPS) is 11.8. The Bertz CT molecular complexity index is 1180. The van der Waals surface area contributed by atoms with E-state index in [9.17, 15) is 14.4 Å². The summed E-state index contributed by atoms with van der Waals surface area (Å²) >= 11 is 0. The van der Waals surface area contributed by atoms with E-state index >= 15 is 0 Å². The highest BCUT2D eigenvalue weighted by Gasteiger charge is 2.23. The second-order valence-corrected chi connectivity index (χ2v) is 7.95. The SMILES string of the molecule is COC(=O)C(CC(C)C)NC(=O)COc1ccc2c(=O)c(Oc3ccccc3)c(C)oc2c1. The Hall–Kier alpha value is -3.81. The quantitative estimate of drug-likeness (QED) is 0.489. The van der Waals surface area contributed by atoms with Gasteiger partial charge in [-0.15, -0.1) is 0 Å². The Morgan fingerprint density at radius 3 is 2.45 bits per heavy atom. The molecule has 1 N–H and O–H groups in total. The van der Waals surface area contributed by atoms with E-state index in [0.29, 0.717) is 34.6 Å². The zero-order chi connectivity index (χ0) is 24.0. The molecule has 0 fully saturated rings. The number of para-hydroxylation sites is 1. The number of carbonyl (C=O) groups is 2. The minimum absolute atomic E-state index is 0.112. The fourth-order valence-electron chi connectivity index (χ4n) is 3.30. The zero-order valence-electron chi connectivity index (χ0n) is 19.0. The number of aryl methyl sites for hydroxylation is 1. The molecule has 0 aliphatic rings. The fraction of sp³-hybridized carbons (Fsp3) is 0.320. The minimum atomic E-state index is -0.744. The van der Waals surface area contributed by atoms with Crippen LogP contribution in [-0.2, 0) is 14.3 Å². The number of methoxy groups -OCH3 is 1. The summed E-state index contributed by atoms with van der Waals surface area (Å²) in [4.78, 5) is 37.1. The highest BCUT2D eigenvalue weighted by Crippen LogP contribution is 2.27. The third kappa shape index (κ3) is 6.12. The lowest BCUT2D eigenvalue weighted by Crippen LogP contribution is -2.44. The maximum atomic E-state index is 12.9. The maximum absolute atomic E-state index is 12.9. The van der Waals surface area contributed by atoms with Gasteiger partial charge in [0.05, 0.1) is 12.5 Å². The molecule has 1 atom stereocenters. The molecule has 3 aromatic rings. The molecule has 0 radical (unpaired) electrons. The second-order valence-electron chi connectivity index (χ2n) is 7.95. The van der Waals surface area contributed by atoms with Crippen LogP contribution in [0, 0.1) is 12.8 Å². The summed E-state index contributed by atoms with van der Waals surface area (Å²) in [7, 11) is 1.28. The average molecular weight is 453 g/mol. The number of carbonyl (C=O) groups excluding carboxylic acids is 2. The van der Waals surface area contributed by atoms with Gasteiger partial charge in [0.1, 0.15) is 28.9 Å². The van der Waals surface area contributed by atoms with Gasteiger partial charge in [0, 0.05) is 6.07 Å². The molecular weight excluding hydrogens is 426 g/mol. The Morgan fingerprint density at radius 1 is 1.06 bits per heavy atom. The molecule has 0 aliphatic heterocycles. The van der Waals surface area contributed by atoms with Crippen molar-refractivity contribution in [3.05, 3.63) is 64.5 Å². The van der Waals surface area contributed by atoms with Crippen LogP contribution >= 0.6 is 0 Å². The first kappa shape index (κ1) is 23.8. The van der Waals surface area contributed by atoms with Crippen molar-refractivity contribution in [3.8, 4) is 17.2 Å². The van der Waals surface area contributed by atoms with E-state index in [-0.39, 0.29) is 23.7 Å². The lowest BCUT2D eigenvalue weighted by Gasteiger charge is -2.18. The van der Waals surface area contributed by atoms with Crippen molar-refractivity contribution in [3.63, 3.8) is 0 Å². The van der Waals surface area contributed by atoms with Gasteiger partial charge in [-0.1, -0.05) is 32.0 Å². The van der Waals surface area contributed by atoms with E-state index < -0.39 is 17.9 Å². The monoisotopic (exact) mass is 453 g/mol. The van der Waals surface area contributed by atoms with Gasteiger partial charge in [-0.2, -0.15) is 0 Å². The van der Waals surface area contributed by atoms with E-state index in [1.165, 1.54) is 13.2 Å². The summed E-state index contributed by atoms with van der Waals surface area (Å²) in [5.41, 5.74) is -0.000402. The molecule has 0 spiro atoms. The Morgan fingerprint density at radius 2 is 1.79 bits per heavy atom. The molecule has 0 saturated heterocycles. The van der Waals surface area contributed by atoms with E-state index in [1.54, 1.807) is 31.2 Å². The first-order chi connectivity index (χ1) is 15.8. The van der Waals surface area contributed by atoms with Crippen LogP contribution in [0.4, 0.5) is 0 Å². The Labute approximate surface area is 191 Å². The first-order valence-electron chi connectivity index (χ1n) is 10.6. The van der Waals surface area contributed by atoms with E-state index in [0.717, 1.165) is 0 Å². The van der Waals surface area contributed by atoms with Crippen molar-refractivity contribution in [2.45, 2.75) is 33.2 Å². The minimum Gasteiger partial charge on any atom is -0.484 e. The number of ether oxygens (including phenoxy) is 3. The molecule has 0 bridgehead atoms. The van der Waals surface area contributed by atoms with Crippen LogP contribution in [0.15, 0.2) is 57.7 Å². The van der Waals surface area contributed by atoms with Crippen molar-refractivity contribution in [1.82, 2.24) is 5.32 Å². The number of esters is 1. The fourth-order valence-corrected chi connectivity index (χ4v) is 3.30. The summed E-state index contributed by atoms with van der Waals surface area (Å²) in [6.45, 7) is 5.22. The molecule has 8 heteroatoms. The van der Waals surface area contributed by atoms with E-state index in [4.69, 9.17) is 18.6 Å². The smallest absolute Gasteiger partial charge is 0.328 e. The summed E-state index contributed by atoms with van der Waals surface area (Å²) in [5.74, 6) is 0.527. The number of amides is 1. The molecule has 0 saturated carbocycles. The van der Waals surface area contributed by atoms with Crippen LogP contribution < -0.4 is 20.2 Å². The molecule has 8 nitrogen and oxygen atoms in total. The number of hydrogen-bond acceptors (Lipinski definition) is 7. The molecule has 1 aromatic heterocycles. The summed E-state index contributed by atoms with van der Waals surface area (Å²) in [6, 6.07) is 12.9. The standard InChI is InChI=1S/C25H27NO7/c1-15(2)12-20(25(29)30-4)26-22(27)14-31-18-10-11-19-21(13-18)32-16(3)24(23(19)28)33-17-8-6-5-7-9-17/h5-11,13,15,20H,12,14H2,1-4H3,(H,26,27). The average Bonchev–Trinajstić information content (AvgIpc) is 2.79. The van der Waals surface area contributed by atoms with Crippen LogP contribution in [0.3, 0.4) is 0 Å². The topological polar surface area (TPSA) is 104 Å². The molecule has 0 aliphatic carbocycles. The van der Waals surface area contributed by atoms with Crippen molar-refractivity contribution < 1.29 is 28.2 Å². The first-order valence-corrected chi connectivity index (χ1v) is 10.6. The van der Waals surface area contributed by atoms with Crippen LogP contribution in [0.2, 0.25) is 0 Å². The molecule has 3 rings (SSSR count). The molecule has 1 unspecified atom stereocenters. The second kappa shape index (κ2) is 10.7. The number of rotatable bonds is 9. The molecular formula is C25H27NO7. The third-order valence-corrected chi connectivity index (χ3v) is 4.85. The predicted octanol–water partition coefficient (Wildman–Crippen LogP) is 3.98. The molecule has 1 amide bonds. The predicted molar refractivity (Wildman–Crippen MR) is 123 cm³/mol. The lowest BCUT2D eigenvalue weighted by molar-refractivity contribution is -0.145. The Kier molecular flexibility index (Phi) is 7.71. The Balaban J connectivity index is 1.72. The lowest BCUT2D eigenvalue weighted by atomic mass is 10.0. The number of benzene rings is 2.